The molecule has 432 valence electrons. The van der Waals surface area contributed by atoms with Gasteiger partial charge < -0.3 is 10.0 Å². The standard InChI is InChI=1S/C61H47N3.C22H23BO2/c1-4-12-41(13-5-1)44-20-24-46(25-21-44)58-62-59(47-26-22-45(23-27-47)42-14-6-2-7-15-42)64-60(63-58)51-36-49(43-16-8-3-9-17-43)35-50(37-51)48-28-29-55-54-18-10-11-19-56(54)61(57(55)38-48)52-31-39-30-40(33-52)34-53(61)32-39;24-23(25)17-5-6-19-18-3-1-2-4-20(18)22(21(19)12-17)15-8-13-7-14(10-15)11-16(22)9-13/h1-29,35-40,52-53H,30-34H2;1-6,12-16,24-25H,7-11H2. The molecule has 10 aliphatic rings. The third-order valence-electron chi connectivity index (χ3n) is 23.2. The van der Waals surface area contributed by atoms with Crippen LogP contribution in [0.5, 0.6) is 0 Å². The molecule has 21 rings (SSSR count). The maximum Gasteiger partial charge on any atom is 0.488 e. The molecule has 8 saturated carbocycles. The molecule has 0 saturated heterocycles. The Labute approximate surface area is 522 Å². The molecule has 2 spiro atoms. The second kappa shape index (κ2) is 20.9. The van der Waals surface area contributed by atoms with E-state index < -0.39 is 7.12 Å². The van der Waals surface area contributed by atoms with Crippen molar-refractivity contribution in [3.63, 3.8) is 0 Å². The molecule has 0 amide bonds. The van der Waals surface area contributed by atoms with Crippen LogP contribution in [0.15, 0.2) is 243 Å². The van der Waals surface area contributed by atoms with Crippen LogP contribution in [0.25, 0.3) is 101 Å². The molecule has 2 N–H and O–H groups in total. The van der Waals surface area contributed by atoms with Crippen LogP contribution >= 0.6 is 0 Å². The van der Waals surface area contributed by atoms with Crippen LogP contribution in [0.4, 0.5) is 0 Å². The molecular formula is C83H70BN3O2. The number of aromatic nitrogens is 3. The second-order valence-corrected chi connectivity index (χ2v) is 27.7. The van der Waals surface area contributed by atoms with E-state index in [4.69, 9.17) is 15.0 Å². The highest BCUT2D eigenvalue weighted by Crippen LogP contribution is 2.71. The van der Waals surface area contributed by atoms with E-state index in [0.717, 1.165) is 68.9 Å². The summed E-state index contributed by atoms with van der Waals surface area (Å²) < 4.78 is 0. The summed E-state index contributed by atoms with van der Waals surface area (Å²) in [7, 11) is -1.39. The Bertz CT molecular complexity index is 4390. The van der Waals surface area contributed by atoms with Crippen molar-refractivity contribution in [3.05, 3.63) is 265 Å². The minimum atomic E-state index is -1.39. The van der Waals surface area contributed by atoms with Gasteiger partial charge in [0, 0.05) is 27.5 Å². The first-order valence-electron chi connectivity index (χ1n) is 33.0. The van der Waals surface area contributed by atoms with Crippen LogP contribution in [-0.2, 0) is 10.8 Å². The molecule has 6 heteroatoms. The molecule has 5 nitrogen and oxygen atoms in total. The van der Waals surface area contributed by atoms with Crippen LogP contribution in [-0.4, -0.2) is 32.1 Å². The minimum Gasteiger partial charge on any atom is -0.423 e. The van der Waals surface area contributed by atoms with Gasteiger partial charge in [-0.25, -0.2) is 15.0 Å². The van der Waals surface area contributed by atoms with Gasteiger partial charge in [0.05, 0.1) is 0 Å². The SMILES string of the molecule is OB(O)c1ccc2c(c1)C1(c3ccccc3-2)C2CC3CC(C2)CC1C3.c1ccc(-c2ccc(-c3nc(-c4ccc(-c5ccccc5)cc4)nc(-c4cc(-c5ccccc5)cc(-c5ccc6c(c5)C5(c7ccccc7-6)C6CC7CC(C6)CC5C7)c4)n3)cc2)cc1. The van der Waals surface area contributed by atoms with E-state index in [9.17, 15) is 10.0 Å². The summed E-state index contributed by atoms with van der Waals surface area (Å²) in [6.45, 7) is 0. The van der Waals surface area contributed by atoms with Crippen LogP contribution in [0, 0.1) is 47.3 Å². The molecule has 10 aromatic carbocycles. The van der Waals surface area contributed by atoms with Gasteiger partial charge in [0.15, 0.2) is 17.5 Å². The number of benzene rings is 10. The molecule has 0 unspecified atom stereocenters. The van der Waals surface area contributed by atoms with Gasteiger partial charge in [-0.15, -0.1) is 0 Å². The summed E-state index contributed by atoms with van der Waals surface area (Å²) in [5.74, 6) is 8.46. The third kappa shape index (κ3) is 8.53. The molecule has 1 heterocycles. The predicted molar refractivity (Wildman–Crippen MR) is 361 cm³/mol. The van der Waals surface area contributed by atoms with Crippen molar-refractivity contribution in [1.82, 2.24) is 15.0 Å². The van der Waals surface area contributed by atoms with Crippen LogP contribution in [0.1, 0.15) is 86.5 Å². The Morgan fingerprint density at radius 1 is 0.258 bits per heavy atom. The normalized spacial score (nSPS) is 25.5. The maximum absolute atomic E-state index is 9.77. The van der Waals surface area contributed by atoms with Crippen molar-refractivity contribution in [2.45, 2.75) is 75.0 Å². The molecular weight excluding hydrogens is 1080 g/mol. The highest BCUT2D eigenvalue weighted by atomic mass is 16.4. The maximum atomic E-state index is 9.77. The molecule has 0 aliphatic heterocycles. The van der Waals surface area contributed by atoms with E-state index >= 15 is 0 Å². The monoisotopic (exact) mass is 1150 g/mol. The zero-order valence-corrected chi connectivity index (χ0v) is 50.1. The fourth-order valence-corrected chi connectivity index (χ4v) is 20.0. The van der Waals surface area contributed by atoms with Gasteiger partial charge >= 0.3 is 7.12 Å². The molecule has 89 heavy (non-hydrogen) atoms. The quantitative estimate of drug-likeness (QED) is 0.148. The summed E-state index contributed by atoms with van der Waals surface area (Å²) in [6.07, 6.45) is 13.8. The smallest absolute Gasteiger partial charge is 0.423 e. The van der Waals surface area contributed by atoms with Gasteiger partial charge in [0.1, 0.15) is 0 Å². The summed E-state index contributed by atoms with van der Waals surface area (Å²) in [5, 5.41) is 19.5. The zero-order chi connectivity index (χ0) is 59.0. The largest absolute Gasteiger partial charge is 0.488 e. The Kier molecular flexibility index (Phi) is 12.5. The molecule has 10 aliphatic carbocycles. The summed E-state index contributed by atoms with van der Waals surface area (Å²) >= 11 is 0. The molecule has 0 atom stereocenters. The fraction of sp³-hybridized carbons (Fsp3) is 0.241. The van der Waals surface area contributed by atoms with Gasteiger partial charge in [0.25, 0.3) is 0 Å². The Hall–Kier alpha value is -8.81. The van der Waals surface area contributed by atoms with Crippen molar-refractivity contribution >= 4 is 12.6 Å². The van der Waals surface area contributed by atoms with Crippen molar-refractivity contribution in [2.24, 2.45) is 47.3 Å². The lowest BCUT2D eigenvalue weighted by atomic mass is 9.43. The highest BCUT2D eigenvalue weighted by molar-refractivity contribution is 6.58. The van der Waals surface area contributed by atoms with Gasteiger partial charge in [-0.05, 0) is 230 Å². The molecule has 1 aromatic heterocycles. The molecule has 0 radical (unpaired) electrons. The lowest BCUT2D eigenvalue weighted by Crippen LogP contribution is -2.55. The number of fused-ring (bicyclic) bond motifs is 6. The van der Waals surface area contributed by atoms with Gasteiger partial charge in [-0.2, -0.15) is 0 Å². The number of hydrogen-bond donors (Lipinski definition) is 2. The van der Waals surface area contributed by atoms with Crippen LogP contribution < -0.4 is 5.46 Å². The average molecular weight is 1150 g/mol. The first kappa shape index (κ1) is 53.2. The Morgan fingerprint density at radius 2 is 0.573 bits per heavy atom. The van der Waals surface area contributed by atoms with Gasteiger partial charge in [-0.3, -0.25) is 0 Å². The van der Waals surface area contributed by atoms with Crippen LogP contribution in [0.3, 0.4) is 0 Å². The second-order valence-electron chi connectivity index (χ2n) is 27.7. The van der Waals surface area contributed by atoms with E-state index in [1.165, 1.54) is 125 Å². The van der Waals surface area contributed by atoms with Crippen molar-refractivity contribution in [3.8, 4) is 101 Å². The fourth-order valence-electron chi connectivity index (χ4n) is 20.0. The molecule has 8 fully saturated rings. The van der Waals surface area contributed by atoms with E-state index in [0.29, 0.717) is 34.8 Å². The van der Waals surface area contributed by atoms with E-state index in [2.05, 4.69) is 237 Å². The summed E-state index contributed by atoms with van der Waals surface area (Å²) in [4.78, 5) is 15.8. The first-order valence-corrected chi connectivity index (χ1v) is 33.0. The van der Waals surface area contributed by atoms with E-state index in [1.54, 1.807) is 11.1 Å². The number of hydrogen-bond acceptors (Lipinski definition) is 5. The predicted octanol–water partition coefficient (Wildman–Crippen LogP) is 18.4. The van der Waals surface area contributed by atoms with E-state index in [-0.39, 0.29) is 10.8 Å². The number of rotatable bonds is 8. The highest BCUT2D eigenvalue weighted by Gasteiger charge is 2.63. The topological polar surface area (TPSA) is 79.1 Å². The zero-order valence-electron chi connectivity index (χ0n) is 50.1. The summed E-state index contributed by atoms with van der Waals surface area (Å²) in [5.41, 5.74) is 24.8. The Balaban J connectivity index is 0.000000196. The lowest BCUT2D eigenvalue weighted by molar-refractivity contribution is -0.0399. The molecule has 11 aromatic rings. The minimum absolute atomic E-state index is 0.0966. The first-order chi connectivity index (χ1) is 43.8. The Morgan fingerprint density at radius 3 is 1.01 bits per heavy atom. The number of nitrogens with zero attached hydrogens (tertiary/aromatic N) is 3. The molecule has 8 bridgehead atoms. The van der Waals surface area contributed by atoms with Gasteiger partial charge in [0.2, 0.25) is 0 Å². The summed E-state index contributed by atoms with van der Waals surface area (Å²) in [6, 6.07) is 87.8. The lowest BCUT2D eigenvalue weighted by Gasteiger charge is -2.61. The van der Waals surface area contributed by atoms with Gasteiger partial charge in [-0.1, -0.05) is 218 Å². The van der Waals surface area contributed by atoms with Crippen LogP contribution in [0.2, 0.25) is 0 Å². The average Bonchev–Trinajstić information content (AvgIpc) is 1.59. The van der Waals surface area contributed by atoms with Crippen molar-refractivity contribution < 1.29 is 10.0 Å². The van der Waals surface area contributed by atoms with Crippen molar-refractivity contribution in [1.29, 1.82) is 0 Å². The van der Waals surface area contributed by atoms with Crippen molar-refractivity contribution in [2.75, 3.05) is 0 Å². The third-order valence-corrected chi connectivity index (χ3v) is 23.2. The van der Waals surface area contributed by atoms with E-state index in [1.807, 2.05) is 6.07 Å².